The standard InChI is InChI=1S/C14H13F/c1-14(2)6-5-11-12-8-10(15)4-3-9(12)7-13(11)14/h3-5,7-8H,6H2,1-2H3. The molecule has 3 rings (SSSR count). The van der Waals surface area contributed by atoms with Gasteiger partial charge in [0, 0.05) is 0 Å². The topological polar surface area (TPSA) is 0 Å². The molecule has 1 aromatic rings. The first-order chi connectivity index (χ1) is 7.08. The highest BCUT2D eigenvalue weighted by Gasteiger charge is 2.35. The van der Waals surface area contributed by atoms with Crippen molar-refractivity contribution in [3.63, 3.8) is 0 Å². The molecule has 0 bridgehead atoms. The minimum Gasteiger partial charge on any atom is -0.207 e. The van der Waals surface area contributed by atoms with E-state index in [1.807, 2.05) is 6.07 Å². The van der Waals surface area contributed by atoms with Crippen LogP contribution < -0.4 is 0 Å². The molecule has 0 fully saturated rings. The molecule has 0 N–H and O–H groups in total. The van der Waals surface area contributed by atoms with Gasteiger partial charge in [-0.2, -0.15) is 0 Å². The van der Waals surface area contributed by atoms with Gasteiger partial charge in [0.1, 0.15) is 5.82 Å². The minimum atomic E-state index is -0.144. The lowest BCUT2D eigenvalue weighted by molar-refractivity contribution is 0.488. The molecule has 76 valence electrons. The third kappa shape index (κ3) is 1.12. The number of fused-ring (bicyclic) bond motifs is 3. The van der Waals surface area contributed by atoms with E-state index in [1.165, 1.54) is 17.2 Å². The number of halogens is 1. The van der Waals surface area contributed by atoms with Crippen LogP contribution in [0.2, 0.25) is 0 Å². The highest BCUT2D eigenvalue weighted by atomic mass is 19.1. The molecular weight excluding hydrogens is 187 g/mol. The molecule has 2 aliphatic rings. The van der Waals surface area contributed by atoms with E-state index in [1.54, 1.807) is 6.07 Å². The maximum Gasteiger partial charge on any atom is 0.123 e. The maximum absolute atomic E-state index is 13.2. The molecule has 0 spiro atoms. The van der Waals surface area contributed by atoms with E-state index in [-0.39, 0.29) is 11.2 Å². The monoisotopic (exact) mass is 200 g/mol. The fourth-order valence-corrected chi connectivity index (χ4v) is 2.51. The van der Waals surface area contributed by atoms with Crippen molar-refractivity contribution in [1.82, 2.24) is 0 Å². The lowest BCUT2D eigenvalue weighted by Crippen LogP contribution is -2.07. The lowest BCUT2D eigenvalue weighted by Gasteiger charge is -2.19. The Morgan fingerprint density at radius 1 is 1.27 bits per heavy atom. The van der Waals surface area contributed by atoms with E-state index in [4.69, 9.17) is 0 Å². The molecule has 15 heavy (non-hydrogen) atoms. The van der Waals surface area contributed by atoms with Gasteiger partial charge in [-0.05, 0) is 52.3 Å². The molecule has 0 aliphatic heterocycles. The molecule has 0 atom stereocenters. The predicted octanol–water partition coefficient (Wildman–Crippen LogP) is 4.04. The molecule has 2 aliphatic carbocycles. The summed E-state index contributed by atoms with van der Waals surface area (Å²) < 4.78 is 13.2. The van der Waals surface area contributed by atoms with Crippen LogP contribution in [-0.4, -0.2) is 0 Å². The number of allylic oxidation sites excluding steroid dienone is 3. The zero-order valence-electron chi connectivity index (χ0n) is 8.97. The Bertz CT molecular complexity index is 504. The SMILES string of the molecule is CC1(C)CC=C2C1=Cc1ccc(F)cc12. The Morgan fingerprint density at radius 2 is 2.07 bits per heavy atom. The summed E-state index contributed by atoms with van der Waals surface area (Å²) in [5.41, 5.74) is 5.05. The Kier molecular flexibility index (Phi) is 1.54. The van der Waals surface area contributed by atoms with Gasteiger partial charge in [-0.1, -0.05) is 26.0 Å². The van der Waals surface area contributed by atoms with Gasteiger partial charge in [0.05, 0.1) is 0 Å². The zero-order chi connectivity index (χ0) is 10.6. The van der Waals surface area contributed by atoms with Gasteiger partial charge in [-0.25, -0.2) is 4.39 Å². The minimum absolute atomic E-state index is 0.144. The average molecular weight is 200 g/mol. The second kappa shape index (κ2) is 2.60. The number of hydrogen-bond donors (Lipinski definition) is 0. The third-order valence-electron chi connectivity index (χ3n) is 3.44. The second-order valence-corrected chi connectivity index (χ2v) is 5.00. The summed E-state index contributed by atoms with van der Waals surface area (Å²) in [5, 5.41) is 0. The van der Waals surface area contributed by atoms with Crippen molar-refractivity contribution in [2.24, 2.45) is 5.41 Å². The Morgan fingerprint density at radius 3 is 2.87 bits per heavy atom. The largest absolute Gasteiger partial charge is 0.207 e. The van der Waals surface area contributed by atoms with Gasteiger partial charge in [0.25, 0.3) is 0 Å². The normalized spacial score (nSPS) is 20.7. The van der Waals surface area contributed by atoms with Crippen LogP contribution in [0.4, 0.5) is 4.39 Å². The zero-order valence-corrected chi connectivity index (χ0v) is 8.97. The van der Waals surface area contributed by atoms with Crippen LogP contribution >= 0.6 is 0 Å². The molecule has 0 nitrogen and oxygen atoms in total. The summed E-state index contributed by atoms with van der Waals surface area (Å²) in [4.78, 5) is 0. The molecule has 0 heterocycles. The van der Waals surface area contributed by atoms with Crippen molar-refractivity contribution in [2.45, 2.75) is 20.3 Å². The first-order valence-corrected chi connectivity index (χ1v) is 5.30. The molecule has 0 amide bonds. The van der Waals surface area contributed by atoms with Crippen LogP contribution in [0, 0.1) is 11.2 Å². The van der Waals surface area contributed by atoms with Gasteiger partial charge in [-0.15, -0.1) is 0 Å². The molecular formula is C14H13F. The van der Waals surface area contributed by atoms with Crippen LogP contribution in [0.1, 0.15) is 31.4 Å². The second-order valence-electron chi connectivity index (χ2n) is 5.00. The van der Waals surface area contributed by atoms with Crippen molar-refractivity contribution in [2.75, 3.05) is 0 Å². The van der Waals surface area contributed by atoms with Crippen molar-refractivity contribution in [1.29, 1.82) is 0 Å². The van der Waals surface area contributed by atoms with Crippen LogP contribution in [0.3, 0.4) is 0 Å². The number of benzene rings is 1. The van der Waals surface area contributed by atoms with E-state index < -0.39 is 0 Å². The van der Waals surface area contributed by atoms with Crippen LogP contribution in [0.15, 0.2) is 29.8 Å². The van der Waals surface area contributed by atoms with Crippen LogP contribution in [0.5, 0.6) is 0 Å². The van der Waals surface area contributed by atoms with Gasteiger partial charge in [0.2, 0.25) is 0 Å². The summed E-state index contributed by atoms with van der Waals surface area (Å²) in [6.07, 6.45) is 5.49. The summed E-state index contributed by atoms with van der Waals surface area (Å²) in [5.74, 6) is -0.144. The molecule has 1 heteroatoms. The van der Waals surface area contributed by atoms with Gasteiger partial charge < -0.3 is 0 Å². The van der Waals surface area contributed by atoms with E-state index in [0.29, 0.717) is 0 Å². The molecule has 0 unspecified atom stereocenters. The van der Waals surface area contributed by atoms with Crippen molar-refractivity contribution < 1.29 is 4.39 Å². The summed E-state index contributed by atoms with van der Waals surface area (Å²) in [7, 11) is 0. The molecule has 0 aromatic heterocycles. The highest BCUT2D eigenvalue weighted by Crippen LogP contribution is 2.51. The van der Waals surface area contributed by atoms with Gasteiger partial charge in [0.15, 0.2) is 0 Å². The molecule has 1 aromatic carbocycles. The van der Waals surface area contributed by atoms with Crippen LogP contribution in [-0.2, 0) is 0 Å². The van der Waals surface area contributed by atoms with Gasteiger partial charge in [-0.3, -0.25) is 0 Å². The Balaban J connectivity index is 2.21. The van der Waals surface area contributed by atoms with E-state index in [2.05, 4.69) is 26.0 Å². The van der Waals surface area contributed by atoms with E-state index in [9.17, 15) is 4.39 Å². The van der Waals surface area contributed by atoms with Crippen molar-refractivity contribution >= 4 is 11.6 Å². The summed E-state index contributed by atoms with van der Waals surface area (Å²) >= 11 is 0. The molecule has 0 saturated carbocycles. The average Bonchev–Trinajstić information content (AvgIpc) is 2.66. The van der Waals surface area contributed by atoms with Crippen molar-refractivity contribution in [3.8, 4) is 0 Å². The van der Waals surface area contributed by atoms with E-state index >= 15 is 0 Å². The van der Waals surface area contributed by atoms with Gasteiger partial charge >= 0.3 is 0 Å². The maximum atomic E-state index is 13.2. The van der Waals surface area contributed by atoms with Crippen LogP contribution in [0.25, 0.3) is 11.6 Å². The quantitative estimate of drug-likeness (QED) is 0.593. The number of rotatable bonds is 0. The molecule has 0 saturated heterocycles. The fraction of sp³-hybridized carbons (Fsp3) is 0.286. The van der Waals surface area contributed by atoms with E-state index in [0.717, 1.165) is 17.5 Å². The highest BCUT2D eigenvalue weighted by molar-refractivity contribution is 5.97. The fourth-order valence-electron chi connectivity index (χ4n) is 2.51. The third-order valence-corrected chi connectivity index (χ3v) is 3.44. The summed E-state index contributed by atoms with van der Waals surface area (Å²) in [6, 6.07) is 5.05. The Labute approximate surface area is 89.1 Å². The lowest BCUT2D eigenvalue weighted by atomic mass is 9.85. The molecule has 0 radical (unpaired) electrons. The first-order valence-electron chi connectivity index (χ1n) is 5.30. The summed E-state index contributed by atoms with van der Waals surface area (Å²) in [6.45, 7) is 4.48. The smallest absolute Gasteiger partial charge is 0.123 e. The first kappa shape index (κ1) is 8.90. The Hall–Kier alpha value is -1.37. The van der Waals surface area contributed by atoms with Crippen molar-refractivity contribution in [3.05, 3.63) is 46.8 Å². The predicted molar refractivity (Wildman–Crippen MR) is 60.8 cm³/mol. The number of hydrogen-bond acceptors (Lipinski definition) is 0.